The highest BCUT2D eigenvalue weighted by molar-refractivity contribution is 5.57. The summed E-state index contributed by atoms with van der Waals surface area (Å²) in [6.45, 7) is 9.92. The van der Waals surface area contributed by atoms with Gasteiger partial charge in [-0.3, -0.25) is 10.00 Å². The highest BCUT2D eigenvalue weighted by atomic mass is 16.5. The molecule has 1 saturated carbocycles. The maximum absolute atomic E-state index is 5.98. The van der Waals surface area contributed by atoms with Gasteiger partial charge in [0, 0.05) is 36.4 Å². The summed E-state index contributed by atoms with van der Waals surface area (Å²) in [6.07, 6.45) is 4.95. The summed E-state index contributed by atoms with van der Waals surface area (Å²) in [6, 6.07) is 5.69. The fourth-order valence-electron chi connectivity index (χ4n) is 3.83. The minimum absolute atomic E-state index is 0.394. The molecule has 2 fully saturated rings. The minimum Gasteiger partial charge on any atom is -0.476 e. The van der Waals surface area contributed by atoms with Gasteiger partial charge in [0.2, 0.25) is 11.8 Å². The molecule has 0 unspecified atom stereocenters. The van der Waals surface area contributed by atoms with E-state index in [2.05, 4.69) is 47.4 Å². The number of likely N-dealkylation sites (tertiary alicyclic amines) is 1. The molecule has 33 heavy (non-hydrogen) atoms. The molecule has 10 nitrogen and oxygen atoms in total. The molecule has 2 aliphatic rings. The van der Waals surface area contributed by atoms with Crippen LogP contribution in [-0.4, -0.2) is 56.5 Å². The highest BCUT2D eigenvalue weighted by Crippen LogP contribution is 2.39. The normalized spacial score (nSPS) is 16.2. The Morgan fingerprint density at radius 3 is 2.82 bits per heavy atom. The fourth-order valence-corrected chi connectivity index (χ4v) is 3.83. The number of aromatic nitrogens is 5. The van der Waals surface area contributed by atoms with Crippen LogP contribution in [0, 0.1) is 0 Å². The zero-order valence-electron chi connectivity index (χ0n) is 18.9. The second kappa shape index (κ2) is 9.62. The predicted molar refractivity (Wildman–Crippen MR) is 126 cm³/mol. The molecule has 3 aromatic heterocycles. The smallest absolute Gasteiger partial charge is 0.228 e. The van der Waals surface area contributed by atoms with Gasteiger partial charge in [0.1, 0.15) is 18.1 Å². The molecule has 3 N–H and O–H groups in total. The monoisotopic (exact) mass is 450 g/mol. The van der Waals surface area contributed by atoms with Crippen molar-refractivity contribution in [1.29, 1.82) is 0 Å². The van der Waals surface area contributed by atoms with Gasteiger partial charge in [0.25, 0.3) is 0 Å². The lowest BCUT2D eigenvalue weighted by Crippen LogP contribution is -2.25. The number of H-pyrrole nitrogens is 1. The molecule has 10 heteroatoms. The number of ether oxygens (including phenoxy) is 1. The van der Waals surface area contributed by atoms with E-state index in [-0.39, 0.29) is 0 Å². The second-order valence-electron chi connectivity index (χ2n) is 8.73. The Morgan fingerprint density at radius 2 is 2.06 bits per heavy atom. The summed E-state index contributed by atoms with van der Waals surface area (Å²) in [5.41, 5.74) is 2.75. The third kappa shape index (κ3) is 5.70. The number of hydrogen-bond acceptors (Lipinski definition) is 9. The number of nitrogens with zero attached hydrogens (tertiary/aromatic N) is 5. The van der Waals surface area contributed by atoms with Gasteiger partial charge in [-0.05, 0) is 51.3 Å². The van der Waals surface area contributed by atoms with Gasteiger partial charge in [0.15, 0.2) is 11.6 Å². The summed E-state index contributed by atoms with van der Waals surface area (Å²) >= 11 is 0. The molecule has 0 atom stereocenters. The standard InChI is InChI=1S/C23H30N8O2/c1-15(2)18-11-17(33-30-18)14-24-23-26-20(25-21-12-19(28-29-21)16-5-6-16)13-22(27-23)32-10-9-31-7-3-4-8-31/h11-13,16H,1,3-10,14H2,2H3,(H3,24,25,26,27,28,29). The van der Waals surface area contributed by atoms with Crippen molar-refractivity contribution in [2.45, 2.75) is 45.1 Å². The fraction of sp³-hybridized carbons (Fsp3) is 0.478. The lowest BCUT2D eigenvalue weighted by atomic mass is 10.2. The van der Waals surface area contributed by atoms with Crippen LogP contribution in [0.25, 0.3) is 5.57 Å². The Kier molecular flexibility index (Phi) is 6.25. The number of anilines is 3. The van der Waals surface area contributed by atoms with E-state index >= 15 is 0 Å². The van der Waals surface area contributed by atoms with Crippen molar-refractivity contribution in [1.82, 2.24) is 30.2 Å². The lowest BCUT2D eigenvalue weighted by Gasteiger charge is -2.15. The minimum atomic E-state index is 0.394. The second-order valence-corrected chi connectivity index (χ2v) is 8.73. The molecular weight excluding hydrogens is 420 g/mol. The average molecular weight is 451 g/mol. The Hall–Kier alpha value is -3.40. The van der Waals surface area contributed by atoms with Crippen molar-refractivity contribution in [3.8, 4) is 5.88 Å². The quantitative estimate of drug-likeness (QED) is 0.399. The summed E-state index contributed by atoms with van der Waals surface area (Å²) < 4.78 is 11.3. The molecule has 3 aromatic rings. The molecule has 174 valence electrons. The van der Waals surface area contributed by atoms with Crippen LogP contribution in [0.4, 0.5) is 17.6 Å². The molecule has 1 aliphatic carbocycles. The van der Waals surface area contributed by atoms with Crippen LogP contribution in [0.1, 0.15) is 55.7 Å². The van der Waals surface area contributed by atoms with Crippen LogP contribution in [0.5, 0.6) is 5.88 Å². The predicted octanol–water partition coefficient (Wildman–Crippen LogP) is 3.93. The van der Waals surface area contributed by atoms with Crippen LogP contribution < -0.4 is 15.4 Å². The summed E-state index contributed by atoms with van der Waals surface area (Å²) in [5.74, 6) is 3.55. The third-order valence-corrected chi connectivity index (χ3v) is 5.85. The van der Waals surface area contributed by atoms with E-state index in [1.807, 2.05) is 19.1 Å². The molecule has 0 bridgehead atoms. The van der Waals surface area contributed by atoms with Crippen molar-refractivity contribution in [2.24, 2.45) is 0 Å². The molecule has 1 saturated heterocycles. The molecule has 0 spiro atoms. The van der Waals surface area contributed by atoms with E-state index < -0.39 is 0 Å². The first kappa shape index (κ1) is 21.4. The lowest BCUT2D eigenvalue weighted by molar-refractivity contribution is 0.232. The molecule has 0 aromatic carbocycles. The van der Waals surface area contributed by atoms with Crippen molar-refractivity contribution in [2.75, 3.05) is 36.9 Å². The Morgan fingerprint density at radius 1 is 1.21 bits per heavy atom. The number of allylic oxidation sites excluding steroid dienone is 1. The van der Waals surface area contributed by atoms with Crippen LogP contribution in [0.15, 0.2) is 29.3 Å². The summed E-state index contributed by atoms with van der Waals surface area (Å²) in [5, 5.41) is 17.9. The first-order chi connectivity index (χ1) is 16.1. The first-order valence-electron chi connectivity index (χ1n) is 11.5. The zero-order chi connectivity index (χ0) is 22.6. The maximum Gasteiger partial charge on any atom is 0.228 e. The number of hydrogen-bond donors (Lipinski definition) is 3. The Balaban J connectivity index is 1.27. The molecule has 4 heterocycles. The molecule has 0 amide bonds. The van der Waals surface area contributed by atoms with Crippen molar-refractivity contribution in [3.05, 3.63) is 41.9 Å². The van der Waals surface area contributed by atoms with Gasteiger partial charge in [-0.25, -0.2) is 0 Å². The van der Waals surface area contributed by atoms with Crippen LogP contribution in [0.2, 0.25) is 0 Å². The number of aromatic amines is 1. The number of nitrogens with one attached hydrogen (secondary N) is 3. The largest absolute Gasteiger partial charge is 0.476 e. The number of rotatable bonds is 11. The topological polar surface area (TPSA) is 117 Å². The van der Waals surface area contributed by atoms with Crippen molar-refractivity contribution >= 4 is 23.2 Å². The highest BCUT2D eigenvalue weighted by Gasteiger charge is 2.25. The SMILES string of the molecule is C=C(C)c1cc(CNc2nc(Nc3cc(C4CC4)[nH]n3)cc(OCCN3CCCC3)n2)on1. The third-order valence-electron chi connectivity index (χ3n) is 5.85. The van der Waals surface area contributed by atoms with Crippen molar-refractivity contribution in [3.63, 3.8) is 0 Å². The van der Waals surface area contributed by atoms with Gasteiger partial charge >= 0.3 is 0 Å². The van der Waals surface area contributed by atoms with Crippen LogP contribution in [-0.2, 0) is 6.54 Å². The van der Waals surface area contributed by atoms with Crippen LogP contribution >= 0.6 is 0 Å². The Bertz CT molecular complexity index is 1100. The summed E-state index contributed by atoms with van der Waals surface area (Å²) in [4.78, 5) is 11.5. The van der Waals surface area contributed by atoms with E-state index in [1.54, 1.807) is 6.07 Å². The molecular formula is C23H30N8O2. The van der Waals surface area contributed by atoms with Gasteiger partial charge < -0.3 is 19.9 Å². The van der Waals surface area contributed by atoms with E-state index in [9.17, 15) is 0 Å². The van der Waals surface area contributed by atoms with Gasteiger partial charge in [-0.15, -0.1) is 0 Å². The Labute approximate surface area is 192 Å². The van der Waals surface area contributed by atoms with Crippen molar-refractivity contribution < 1.29 is 9.26 Å². The van der Waals surface area contributed by atoms with E-state index in [1.165, 1.54) is 25.7 Å². The molecule has 1 aliphatic heterocycles. The van der Waals surface area contributed by atoms with Gasteiger partial charge in [-0.2, -0.15) is 15.1 Å². The van der Waals surface area contributed by atoms with E-state index in [0.717, 1.165) is 42.4 Å². The van der Waals surface area contributed by atoms with E-state index in [4.69, 9.17) is 9.26 Å². The average Bonchev–Trinajstić information content (AvgIpc) is 3.20. The first-order valence-corrected chi connectivity index (χ1v) is 11.5. The van der Waals surface area contributed by atoms with E-state index in [0.29, 0.717) is 42.5 Å². The van der Waals surface area contributed by atoms with Gasteiger partial charge in [-0.1, -0.05) is 11.7 Å². The molecule has 5 rings (SSSR count). The van der Waals surface area contributed by atoms with Crippen LogP contribution in [0.3, 0.4) is 0 Å². The zero-order valence-corrected chi connectivity index (χ0v) is 18.9. The molecule has 0 radical (unpaired) electrons. The summed E-state index contributed by atoms with van der Waals surface area (Å²) in [7, 11) is 0. The maximum atomic E-state index is 5.98. The van der Waals surface area contributed by atoms with Gasteiger partial charge in [0.05, 0.1) is 6.54 Å².